The summed E-state index contributed by atoms with van der Waals surface area (Å²) < 4.78 is 7.13. The molecule has 0 aliphatic heterocycles. The molecule has 0 bridgehead atoms. The Balaban J connectivity index is 2.60. The topological polar surface area (TPSA) is 44.1 Å². The number of nitrogens with zero attached hydrogens (tertiary/aromatic N) is 2. The van der Waals surface area contributed by atoms with Gasteiger partial charge in [0, 0.05) is 6.54 Å². The predicted octanol–water partition coefficient (Wildman–Crippen LogP) is 2.60. The van der Waals surface area contributed by atoms with E-state index < -0.39 is 0 Å². The van der Waals surface area contributed by atoms with Gasteiger partial charge in [-0.25, -0.2) is 4.68 Å². The number of benzene rings is 1. The molecule has 4 heteroatoms. The molecule has 18 heavy (non-hydrogen) atoms. The molecule has 1 aromatic carbocycles. The summed E-state index contributed by atoms with van der Waals surface area (Å²) in [7, 11) is 0. The van der Waals surface area contributed by atoms with Gasteiger partial charge in [0.2, 0.25) is 5.88 Å². The van der Waals surface area contributed by atoms with E-state index in [0.29, 0.717) is 24.4 Å². The minimum absolute atomic E-state index is 0.0451. The van der Waals surface area contributed by atoms with Gasteiger partial charge in [0.15, 0.2) is 0 Å². The zero-order valence-electron chi connectivity index (χ0n) is 10.8. The molecule has 1 heterocycles. The molecule has 1 aromatic heterocycles. The molecule has 2 rings (SSSR count). The fourth-order valence-electron chi connectivity index (χ4n) is 1.87. The third kappa shape index (κ3) is 2.37. The van der Waals surface area contributed by atoms with Gasteiger partial charge in [-0.2, -0.15) is 0 Å². The molecule has 0 atom stereocenters. The zero-order valence-corrected chi connectivity index (χ0v) is 10.8. The van der Waals surface area contributed by atoms with Crippen LogP contribution >= 0.6 is 0 Å². The van der Waals surface area contributed by atoms with Crippen LogP contribution in [-0.2, 0) is 6.54 Å². The number of aryl methyl sites for hydroxylation is 1. The lowest BCUT2D eigenvalue weighted by Crippen LogP contribution is -2.23. The highest BCUT2D eigenvalue weighted by Crippen LogP contribution is 2.20. The summed E-state index contributed by atoms with van der Waals surface area (Å²) in [6.45, 7) is 5.30. The van der Waals surface area contributed by atoms with Crippen molar-refractivity contribution >= 4 is 10.8 Å². The molecule has 0 spiro atoms. The van der Waals surface area contributed by atoms with Crippen LogP contribution in [0.25, 0.3) is 10.8 Å². The van der Waals surface area contributed by atoms with Crippen LogP contribution in [0.1, 0.15) is 26.7 Å². The minimum Gasteiger partial charge on any atom is -0.476 e. The van der Waals surface area contributed by atoms with Crippen LogP contribution < -0.4 is 10.3 Å². The fourth-order valence-corrected chi connectivity index (χ4v) is 1.87. The molecular weight excluding hydrogens is 228 g/mol. The minimum atomic E-state index is -0.0451. The Morgan fingerprint density at radius 3 is 2.56 bits per heavy atom. The van der Waals surface area contributed by atoms with Crippen molar-refractivity contribution in [3.8, 4) is 5.88 Å². The Bertz CT molecular complexity index is 590. The van der Waals surface area contributed by atoms with E-state index in [-0.39, 0.29) is 5.56 Å². The summed E-state index contributed by atoms with van der Waals surface area (Å²) in [5.41, 5.74) is -0.0451. The predicted molar refractivity (Wildman–Crippen MR) is 72.1 cm³/mol. The number of hydrogen-bond donors (Lipinski definition) is 0. The van der Waals surface area contributed by atoms with Gasteiger partial charge in [-0.05, 0) is 25.0 Å². The molecule has 96 valence electrons. The monoisotopic (exact) mass is 246 g/mol. The number of rotatable bonds is 5. The lowest BCUT2D eigenvalue weighted by Gasteiger charge is -2.10. The third-order valence-corrected chi connectivity index (χ3v) is 2.71. The maximum Gasteiger partial charge on any atom is 0.274 e. The van der Waals surface area contributed by atoms with Crippen LogP contribution in [0.2, 0.25) is 0 Å². The molecular formula is C14H18N2O2. The molecule has 0 saturated carbocycles. The van der Waals surface area contributed by atoms with Gasteiger partial charge >= 0.3 is 0 Å². The smallest absolute Gasteiger partial charge is 0.274 e. The van der Waals surface area contributed by atoms with Crippen LogP contribution in [0.15, 0.2) is 29.1 Å². The summed E-state index contributed by atoms with van der Waals surface area (Å²) in [5.74, 6) is 0.556. The first kappa shape index (κ1) is 12.6. The van der Waals surface area contributed by atoms with Crippen molar-refractivity contribution in [2.24, 2.45) is 0 Å². The van der Waals surface area contributed by atoms with Crippen molar-refractivity contribution in [2.75, 3.05) is 6.61 Å². The van der Waals surface area contributed by atoms with E-state index in [1.54, 1.807) is 0 Å². The largest absolute Gasteiger partial charge is 0.476 e. The van der Waals surface area contributed by atoms with E-state index in [9.17, 15) is 4.79 Å². The van der Waals surface area contributed by atoms with E-state index in [2.05, 4.69) is 5.10 Å². The van der Waals surface area contributed by atoms with Crippen LogP contribution in [0.5, 0.6) is 5.88 Å². The molecule has 0 fully saturated rings. The first-order valence-corrected chi connectivity index (χ1v) is 6.40. The van der Waals surface area contributed by atoms with Gasteiger partial charge in [0.25, 0.3) is 5.56 Å². The van der Waals surface area contributed by atoms with Crippen LogP contribution in [-0.4, -0.2) is 16.4 Å². The Hall–Kier alpha value is -1.84. The molecule has 2 aromatic rings. The van der Waals surface area contributed by atoms with E-state index in [1.807, 2.05) is 38.1 Å². The van der Waals surface area contributed by atoms with Gasteiger partial charge < -0.3 is 4.74 Å². The van der Waals surface area contributed by atoms with Gasteiger partial charge in [0.05, 0.1) is 17.4 Å². The summed E-state index contributed by atoms with van der Waals surface area (Å²) in [6, 6.07) is 7.46. The highest BCUT2D eigenvalue weighted by molar-refractivity contribution is 5.85. The number of fused-ring (bicyclic) bond motifs is 1. The van der Waals surface area contributed by atoms with Gasteiger partial charge in [-0.3, -0.25) is 4.79 Å². The van der Waals surface area contributed by atoms with Gasteiger partial charge in [-0.1, -0.05) is 26.0 Å². The summed E-state index contributed by atoms with van der Waals surface area (Å²) >= 11 is 0. The number of aromatic nitrogens is 2. The van der Waals surface area contributed by atoms with E-state index >= 15 is 0 Å². The van der Waals surface area contributed by atoms with Crippen LogP contribution in [0.4, 0.5) is 0 Å². The Kier molecular flexibility index (Phi) is 3.97. The standard InChI is InChI=1S/C14H18N2O2/c1-3-9-16-14(17)12-8-6-5-7-11(12)13(15-16)18-10-4-2/h5-8H,3-4,9-10H2,1-2H3. The number of hydrogen-bond acceptors (Lipinski definition) is 3. The van der Waals surface area contributed by atoms with Gasteiger partial charge in [0.1, 0.15) is 0 Å². The average molecular weight is 246 g/mol. The fraction of sp³-hybridized carbons (Fsp3) is 0.429. The zero-order chi connectivity index (χ0) is 13.0. The molecule has 0 amide bonds. The van der Waals surface area contributed by atoms with Crippen molar-refractivity contribution in [1.82, 2.24) is 9.78 Å². The highest BCUT2D eigenvalue weighted by atomic mass is 16.5. The lowest BCUT2D eigenvalue weighted by molar-refractivity contribution is 0.298. The van der Waals surface area contributed by atoms with E-state index in [0.717, 1.165) is 18.2 Å². The molecule has 4 nitrogen and oxygen atoms in total. The van der Waals surface area contributed by atoms with Gasteiger partial charge in [-0.15, -0.1) is 5.10 Å². The first-order valence-electron chi connectivity index (χ1n) is 6.40. The Labute approximate surface area is 106 Å². The van der Waals surface area contributed by atoms with E-state index in [4.69, 9.17) is 4.74 Å². The lowest BCUT2D eigenvalue weighted by atomic mass is 10.2. The number of ether oxygens (including phenoxy) is 1. The molecule has 0 unspecified atom stereocenters. The van der Waals surface area contributed by atoms with Crippen molar-refractivity contribution in [1.29, 1.82) is 0 Å². The second-order valence-electron chi connectivity index (χ2n) is 4.23. The highest BCUT2D eigenvalue weighted by Gasteiger charge is 2.10. The van der Waals surface area contributed by atoms with Crippen molar-refractivity contribution < 1.29 is 4.74 Å². The van der Waals surface area contributed by atoms with Crippen molar-refractivity contribution in [3.05, 3.63) is 34.6 Å². The molecule has 0 N–H and O–H groups in total. The van der Waals surface area contributed by atoms with Crippen LogP contribution in [0, 0.1) is 0 Å². The maximum atomic E-state index is 12.2. The normalized spacial score (nSPS) is 10.8. The second-order valence-corrected chi connectivity index (χ2v) is 4.23. The second kappa shape index (κ2) is 5.67. The molecule has 0 aliphatic carbocycles. The Morgan fingerprint density at radius 2 is 1.89 bits per heavy atom. The third-order valence-electron chi connectivity index (χ3n) is 2.71. The van der Waals surface area contributed by atoms with Crippen molar-refractivity contribution in [3.63, 3.8) is 0 Å². The molecule has 0 aliphatic rings. The SMILES string of the molecule is CCCOc1nn(CCC)c(=O)c2ccccc12. The van der Waals surface area contributed by atoms with Crippen LogP contribution in [0.3, 0.4) is 0 Å². The molecule has 0 radical (unpaired) electrons. The summed E-state index contributed by atoms with van der Waals surface area (Å²) in [6.07, 6.45) is 1.79. The summed E-state index contributed by atoms with van der Waals surface area (Å²) in [4.78, 5) is 12.2. The quantitative estimate of drug-likeness (QED) is 0.814. The first-order chi connectivity index (χ1) is 8.77. The average Bonchev–Trinajstić information content (AvgIpc) is 2.41. The Morgan fingerprint density at radius 1 is 1.17 bits per heavy atom. The van der Waals surface area contributed by atoms with E-state index in [1.165, 1.54) is 4.68 Å². The summed E-state index contributed by atoms with van der Waals surface area (Å²) in [5, 5.41) is 5.78. The maximum absolute atomic E-state index is 12.2. The molecule has 0 saturated heterocycles. The van der Waals surface area contributed by atoms with Crippen molar-refractivity contribution in [2.45, 2.75) is 33.2 Å².